The fourth-order valence-corrected chi connectivity index (χ4v) is 6.92. The summed E-state index contributed by atoms with van der Waals surface area (Å²) in [7, 11) is -18.8. The quantitative estimate of drug-likeness (QED) is 0.0890. The average Bonchev–Trinajstić information content (AvgIpc) is 3.35. The fourth-order valence-electron chi connectivity index (χ4n) is 2.91. The molecule has 1 aliphatic rings. The van der Waals surface area contributed by atoms with Crippen molar-refractivity contribution < 1.29 is 71.2 Å². The minimum atomic E-state index is -5.48. The summed E-state index contributed by atoms with van der Waals surface area (Å²) in [5.74, 6) is -1.64. The van der Waals surface area contributed by atoms with Crippen LogP contribution in [0.2, 0.25) is 0 Å². The van der Waals surface area contributed by atoms with Crippen molar-refractivity contribution in [2.45, 2.75) is 30.9 Å². The summed E-state index contributed by atoms with van der Waals surface area (Å²) in [5, 5.41) is 28.6. The lowest BCUT2D eigenvalue weighted by molar-refractivity contribution is -0.138. The molecule has 1 aliphatic heterocycles. The van der Waals surface area contributed by atoms with Gasteiger partial charge in [-0.15, -0.1) is 4.86 Å². The standard InChI is InChI=1S/C10H15N6O12P3.C5H12N2O3S/c11-8-5-9(13-2-12-8)16(3-14-5)10-7(18)6(17)4(27-10)1-26-31(24,25)28-30(22,23)15-29(19,20)21;1-11(7,10)3-2-4(6)5(8)9/h1-3,6-7,10,17-18H,(H,24,25)(H2,11,12,13)(H4,15,19,20,21,22,23);4,7H,2-3,6H2,1H3,(H,8,9)/b4-1+;/t6-,7-,10?;4-,11-/m10/s1. The highest BCUT2D eigenvalue weighted by Gasteiger charge is 2.44. The molecule has 7 atom stereocenters. The number of aromatic nitrogens is 4. The number of aliphatic carboxylic acids is 1. The average molecular weight is 684 g/mol. The van der Waals surface area contributed by atoms with Gasteiger partial charge in [-0.3, -0.25) is 23.2 Å². The van der Waals surface area contributed by atoms with Crippen LogP contribution in [0.25, 0.3) is 11.2 Å². The van der Waals surface area contributed by atoms with Crippen molar-refractivity contribution in [3.63, 3.8) is 0 Å². The molecule has 0 saturated carbocycles. The second-order valence-electron chi connectivity index (χ2n) is 8.31. The Kier molecular flexibility index (Phi) is 11.4. The predicted molar refractivity (Wildman–Crippen MR) is 139 cm³/mol. The number of nitrogens with one attached hydrogen (secondary N) is 2. The lowest BCUT2D eigenvalue weighted by Crippen LogP contribution is -2.31. The van der Waals surface area contributed by atoms with E-state index in [1.807, 2.05) is 0 Å². The van der Waals surface area contributed by atoms with Crippen LogP contribution in [0.15, 0.2) is 24.7 Å². The van der Waals surface area contributed by atoms with Crippen LogP contribution in [0.1, 0.15) is 12.6 Å². The number of carboxylic acid groups (broad SMARTS) is 1. The molecule has 0 bridgehead atoms. The third kappa shape index (κ3) is 10.6. The normalized spacial score (nSPS) is 24.9. The number of aliphatic hydroxyl groups is 2. The molecule has 42 heavy (non-hydrogen) atoms. The van der Waals surface area contributed by atoms with Gasteiger partial charge in [0.2, 0.25) is 6.23 Å². The minimum absolute atomic E-state index is 0.0339. The van der Waals surface area contributed by atoms with E-state index < -0.39 is 69.3 Å². The van der Waals surface area contributed by atoms with Gasteiger partial charge in [-0.25, -0.2) is 28.6 Å². The molecule has 3 unspecified atom stereocenters. The van der Waals surface area contributed by atoms with E-state index in [0.717, 1.165) is 11.2 Å². The van der Waals surface area contributed by atoms with Crippen molar-refractivity contribution in [2.24, 2.45) is 5.73 Å². The molecule has 1 saturated heterocycles. The lowest BCUT2D eigenvalue weighted by atomic mass is 10.2. The number of nitrogens with zero attached hydrogens (tertiary/aromatic N) is 4. The van der Waals surface area contributed by atoms with E-state index in [2.05, 4.69) is 23.8 Å². The van der Waals surface area contributed by atoms with Crippen LogP contribution in [0.5, 0.6) is 0 Å². The summed E-state index contributed by atoms with van der Waals surface area (Å²) >= 11 is 0. The Labute approximate surface area is 235 Å². The number of hydrogen-bond donors (Lipinski definition) is 11. The van der Waals surface area contributed by atoms with Crippen molar-refractivity contribution >= 4 is 56.0 Å². The van der Waals surface area contributed by atoms with Gasteiger partial charge in [0, 0.05) is 21.7 Å². The fraction of sp³-hybridized carbons (Fsp3) is 0.467. The number of ether oxygens (including phenoxy) is 1. The van der Waals surface area contributed by atoms with E-state index >= 15 is 0 Å². The van der Waals surface area contributed by atoms with E-state index in [0.29, 0.717) is 6.26 Å². The van der Waals surface area contributed by atoms with Crippen molar-refractivity contribution in [1.29, 1.82) is 4.78 Å². The van der Waals surface area contributed by atoms with Gasteiger partial charge in [0.25, 0.3) is 0 Å². The maximum absolute atomic E-state index is 11.8. The van der Waals surface area contributed by atoms with Crippen molar-refractivity contribution in [2.75, 3.05) is 17.7 Å². The molecular weight excluding hydrogens is 657 g/mol. The SMILES string of the molecule is C[S@](=N)(=O)CC[C@H](N)C(=O)O.Nc1ncnc2c1ncn2C1O/C(=C/OP(=O)(O)OP(=O)(O)NP(=O)(O)O)[C@@H](O)[C@H]1O. The number of nitrogens with two attached hydrogens (primary N) is 2. The van der Waals surface area contributed by atoms with Gasteiger partial charge in [-0.1, -0.05) is 0 Å². The first-order valence-corrected chi connectivity index (χ1v) is 17.6. The first-order chi connectivity index (χ1) is 19.0. The summed E-state index contributed by atoms with van der Waals surface area (Å²) in [6, 6.07) is -0.999. The minimum Gasteiger partial charge on any atom is -0.480 e. The maximum Gasteiger partial charge on any atom is 0.535 e. The van der Waals surface area contributed by atoms with Gasteiger partial charge >= 0.3 is 29.3 Å². The summed E-state index contributed by atoms with van der Waals surface area (Å²) < 4.78 is 66.2. The van der Waals surface area contributed by atoms with Gasteiger partial charge < -0.3 is 50.7 Å². The summed E-state index contributed by atoms with van der Waals surface area (Å²) in [4.78, 5) is 58.4. The van der Waals surface area contributed by atoms with Gasteiger partial charge in [-0.2, -0.15) is 4.31 Å². The molecule has 3 heterocycles. The highest BCUT2D eigenvalue weighted by atomic mass is 32.2. The Morgan fingerprint density at radius 2 is 1.88 bits per heavy atom. The molecular formula is C15H27N8O15P3S. The van der Waals surface area contributed by atoms with Crippen LogP contribution in [-0.2, 0) is 41.8 Å². The number of carbonyl (C=O) groups is 1. The number of nitrogen functional groups attached to an aromatic ring is 1. The Bertz CT molecular complexity index is 1580. The van der Waals surface area contributed by atoms with Gasteiger partial charge in [0.1, 0.15) is 42.7 Å². The van der Waals surface area contributed by atoms with Gasteiger partial charge in [-0.05, 0) is 6.42 Å². The highest BCUT2D eigenvalue weighted by molar-refractivity contribution is 7.91. The summed E-state index contributed by atoms with van der Waals surface area (Å²) in [6.45, 7) is 0. The molecule has 2 aromatic heterocycles. The number of fused-ring (bicyclic) bond motifs is 1. The number of phosphoric ester groups is 1. The van der Waals surface area contributed by atoms with E-state index in [-0.39, 0.29) is 29.2 Å². The molecule has 0 radical (unpaired) electrons. The monoisotopic (exact) mass is 684 g/mol. The number of imidazole rings is 1. The largest absolute Gasteiger partial charge is 0.535 e. The third-order valence-electron chi connectivity index (χ3n) is 4.73. The molecule has 3 rings (SSSR count). The smallest absolute Gasteiger partial charge is 0.480 e. The summed E-state index contributed by atoms with van der Waals surface area (Å²) in [5.41, 5.74) is 11.1. The Morgan fingerprint density at radius 3 is 2.43 bits per heavy atom. The Morgan fingerprint density at radius 1 is 1.26 bits per heavy atom. The topological polar surface area (TPSA) is 386 Å². The first-order valence-electron chi connectivity index (χ1n) is 10.8. The molecule has 13 N–H and O–H groups in total. The zero-order chi connectivity index (χ0) is 32.3. The molecule has 0 spiro atoms. The first kappa shape index (κ1) is 35.6. The van der Waals surface area contributed by atoms with E-state index in [9.17, 15) is 42.7 Å². The van der Waals surface area contributed by atoms with E-state index in [1.165, 1.54) is 17.2 Å². The number of phosphoric acid groups is 1. The molecule has 2 aromatic rings. The van der Waals surface area contributed by atoms with Crippen LogP contribution in [0.4, 0.5) is 5.82 Å². The van der Waals surface area contributed by atoms with Gasteiger partial charge in [0.15, 0.2) is 17.2 Å². The zero-order valence-electron chi connectivity index (χ0n) is 21.0. The molecule has 0 amide bonds. The van der Waals surface area contributed by atoms with Crippen LogP contribution < -0.4 is 16.3 Å². The Balaban J connectivity index is 0.000000476. The lowest BCUT2D eigenvalue weighted by Gasteiger charge is -2.17. The number of hydrogen-bond acceptors (Lipinski definition) is 16. The molecule has 0 aliphatic carbocycles. The van der Waals surface area contributed by atoms with Crippen LogP contribution in [0, 0.1) is 4.78 Å². The number of anilines is 1. The maximum atomic E-state index is 11.8. The third-order valence-corrected chi connectivity index (χ3v) is 9.88. The molecule has 238 valence electrons. The van der Waals surface area contributed by atoms with Crippen LogP contribution in [-0.4, -0.2) is 94.8 Å². The number of aliphatic hydroxyl groups excluding tert-OH is 2. The second-order valence-corrected chi connectivity index (χ2v) is 15.5. The molecule has 27 heteroatoms. The number of rotatable bonds is 11. The van der Waals surface area contributed by atoms with Crippen molar-refractivity contribution in [1.82, 2.24) is 24.4 Å². The summed E-state index contributed by atoms with van der Waals surface area (Å²) in [6.07, 6.45) is -0.826. The zero-order valence-corrected chi connectivity index (χ0v) is 24.5. The van der Waals surface area contributed by atoms with Crippen LogP contribution >= 0.6 is 23.3 Å². The predicted octanol–water partition coefficient (Wildman–Crippen LogP) is -2.12. The second kappa shape index (κ2) is 13.4. The van der Waals surface area contributed by atoms with Crippen molar-refractivity contribution in [3.8, 4) is 0 Å². The number of carboxylic acids is 1. The van der Waals surface area contributed by atoms with E-state index in [4.69, 9.17) is 35.9 Å². The van der Waals surface area contributed by atoms with E-state index in [1.54, 1.807) is 0 Å². The molecule has 1 fully saturated rings. The Hall–Kier alpha value is -2.56. The van der Waals surface area contributed by atoms with Crippen LogP contribution in [0.3, 0.4) is 0 Å². The van der Waals surface area contributed by atoms with Crippen molar-refractivity contribution in [3.05, 3.63) is 24.7 Å². The highest BCUT2D eigenvalue weighted by Crippen LogP contribution is 2.61. The molecule has 0 aromatic carbocycles. The molecule has 23 nitrogen and oxygen atoms in total. The van der Waals surface area contributed by atoms with Gasteiger partial charge in [0.05, 0.1) is 0 Å².